The number of nitrogens with two attached hydrogens (primary N) is 2. The molecule has 2 aromatic heterocycles. The molecule has 10 nitrogen and oxygen atoms in total. The summed E-state index contributed by atoms with van der Waals surface area (Å²) in [5.41, 5.74) is 19.0. The van der Waals surface area contributed by atoms with Crippen LogP contribution >= 0.6 is 0 Å². The van der Waals surface area contributed by atoms with E-state index in [0.29, 0.717) is 22.8 Å². The SMILES string of the molecule is CNC(C)c1cnc(C(N)=O)c(-c2cccc(-c3cccc(-c4nc(C(C)NC)cnc4C(N)=O)c3C)c2C)n1. The lowest BCUT2D eigenvalue weighted by Gasteiger charge is -2.18. The Hall–Kier alpha value is -4.54. The maximum absolute atomic E-state index is 12.3. The highest BCUT2D eigenvalue weighted by atomic mass is 16.1. The monoisotopic (exact) mass is 538 g/mol. The van der Waals surface area contributed by atoms with E-state index >= 15 is 0 Å². The summed E-state index contributed by atoms with van der Waals surface area (Å²) in [7, 11) is 3.66. The number of primary amides is 2. The third-order valence-electron chi connectivity index (χ3n) is 7.27. The molecule has 2 atom stereocenters. The highest BCUT2D eigenvalue weighted by Gasteiger charge is 2.22. The van der Waals surface area contributed by atoms with E-state index in [-0.39, 0.29) is 23.5 Å². The second-order valence-corrected chi connectivity index (χ2v) is 9.69. The van der Waals surface area contributed by atoms with E-state index in [1.165, 1.54) is 0 Å². The third-order valence-corrected chi connectivity index (χ3v) is 7.27. The Bertz CT molecular complexity index is 1480. The van der Waals surface area contributed by atoms with Gasteiger partial charge in [0.15, 0.2) is 11.4 Å². The van der Waals surface area contributed by atoms with Gasteiger partial charge in [-0.2, -0.15) is 0 Å². The van der Waals surface area contributed by atoms with E-state index in [4.69, 9.17) is 21.4 Å². The van der Waals surface area contributed by atoms with Gasteiger partial charge in [-0.3, -0.25) is 9.59 Å². The molecule has 0 saturated heterocycles. The molecule has 40 heavy (non-hydrogen) atoms. The standard InChI is InChI=1S/C30H34N8O2/c1-15-19(9-7-11-21(15)25-27(29(31)39)35-13-23(37-25)17(3)33-5)20-10-8-12-22(16(20)2)26-28(30(32)40)36-14-24(38-26)18(4)34-6/h7-14,17-18,33-34H,1-6H3,(H2,31,39)(H2,32,40). The van der Waals surface area contributed by atoms with Gasteiger partial charge in [0.1, 0.15) is 11.4 Å². The average molecular weight is 539 g/mol. The lowest BCUT2D eigenvalue weighted by atomic mass is 9.89. The Labute approximate surface area is 233 Å². The summed E-state index contributed by atoms with van der Waals surface area (Å²) in [6.45, 7) is 7.87. The normalized spacial score (nSPS) is 12.7. The number of benzene rings is 2. The molecule has 0 radical (unpaired) electrons. The summed E-state index contributed by atoms with van der Waals surface area (Å²) < 4.78 is 0. The van der Waals surface area contributed by atoms with Crippen LogP contribution in [-0.4, -0.2) is 45.8 Å². The first-order chi connectivity index (χ1) is 19.1. The molecule has 2 heterocycles. The molecule has 2 amide bonds. The fourth-order valence-corrected chi connectivity index (χ4v) is 4.62. The van der Waals surface area contributed by atoms with Crippen molar-refractivity contribution < 1.29 is 9.59 Å². The Morgan fingerprint density at radius 1 is 0.675 bits per heavy atom. The molecular formula is C30H34N8O2. The molecule has 0 aliphatic rings. The number of carbonyl (C=O) groups excluding carboxylic acids is 2. The van der Waals surface area contributed by atoms with E-state index < -0.39 is 11.8 Å². The molecular weight excluding hydrogens is 504 g/mol. The first-order valence-corrected chi connectivity index (χ1v) is 13.0. The van der Waals surface area contributed by atoms with Gasteiger partial charge in [-0.1, -0.05) is 36.4 Å². The van der Waals surface area contributed by atoms with Crippen molar-refractivity contribution in [2.24, 2.45) is 11.5 Å². The van der Waals surface area contributed by atoms with Gasteiger partial charge in [-0.05, 0) is 64.0 Å². The van der Waals surface area contributed by atoms with Crippen molar-refractivity contribution >= 4 is 11.8 Å². The van der Waals surface area contributed by atoms with E-state index in [1.807, 2.05) is 78.2 Å². The number of nitrogens with one attached hydrogen (secondary N) is 2. The summed E-state index contributed by atoms with van der Waals surface area (Å²) >= 11 is 0. The minimum absolute atomic E-state index is 0.0717. The molecule has 2 unspecified atom stereocenters. The molecule has 0 saturated carbocycles. The van der Waals surface area contributed by atoms with Crippen LogP contribution in [0.15, 0.2) is 48.8 Å². The number of rotatable bonds is 9. The summed E-state index contributed by atoms with van der Waals surface area (Å²) in [4.78, 5) is 42.9. The molecule has 6 N–H and O–H groups in total. The van der Waals surface area contributed by atoms with Crippen LogP contribution < -0.4 is 22.1 Å². The Morgan fingerprint density at radius 3 is 1.35 bits per heavy atom. The fraction of sp³-hybridized carbons (Fsp3) is 0.267. The van der Waals surface area contributed by atoms with Crippen LogP contribution in [0, 0.1) is 13.8 Å². The predicted octanol–water partition coefficient (Wildman–Crippen LogP) is 3.64. The lowest BCUT2D eigenvalue weighted by Crippen LogP contribution is -2.19. The summed E-state index contributed by atoms with van der Waals surface area (Å²) in [6.07, 6.45) is 3.13. The number of amides is 2. The number of aromatic nitrogens is 4. The molecule has 0 aliphatic carbocycles. The lowest BCUT2D eigenvalue weighted by molar-refractivity contribution is 0.0987. The molecule has 4 rings (SSSR count). The topological polar surface area (TPSA) is 162 Å². The van der Waals surface area contributed by atoms with E-state index in [9.17, 15) is 9.59 Å². The van der Waals surface area contributed by atoms with Crippen LogP contribution in [0.1, 0.15) is 69.4 Å². The van der Waals surface area contributed by atoms with Crippen LogP contribution in [0.2, 0.25) is 0 Å². The summed E-state index contributed by atoms with van der Waals surface area (Å²) in [5, 5.41) is 6.30. The molecule has 0 fully saturated rings. The van der Waals surface area contributed by atoms with Crippen LogP contribution in [0.4, 0.5) is 0 Å². The van der Waals surface area contributed by atoms with Crippen molar-refractivity contribution in [1.29, 1.82) is 0 Å². The Morgan fingerprint density at radius 2 is 1.02 bits per heavy atom. The average Bonchev–Trinajstić information content (AvgIpc) is 2.96. The third kappa shape index (κ3) is 5.31. The van der Waals surface area contributed by atoms with Crippen molar-refractivity contribution in [2.45, 2.75) is 39.8 Å². The van der Waals surface area contributed by atoms with E-state index in [1.54, 1.807) is 12.4 Å². The predicted molar refractivity (Wildman–Crippen MR) is 155 cm³/mol. The summed E-state index contributed by atoms with van der Waals surface area (Å²) in [6, 6.07) is 11.5. The van der Waals surface area contributed by atoms with Crippen molar-refractivity contribution in [3.8, 4) is 33.6 Å². The van der Waals surface area contributed by atoms with Crippen LogP contribution in [0.25, 0.3) is 33.6 Å². The zero-order valence-corrected chi connectivity index (χ0v) is 23.5. The second kappa shape index (κ2) is 11.7. The second-order valence-electron chi connectivity index (χ2n) is 9.69. The minimum Gasteiger partial charge on any atom is -0.364 e. The highest BCUT2D eigenvalue weighted by molar-refractivity contribution is 5.99. The van der Waals surface area contributed by atoms with Gasteiger partial charge in [0, 0.05) is 23.2 Å². The van der Waals surface area contributed by atoms with Crippen molar-refractivity contribution in [2.75, 3.05) is 14.1 Å². The first-order valence-electron chi connectivity index (χ1n) is 13.0. The van der Waals surface area contributed by atoms with Gasteiger partial charge >= 0.3 is 0 Å². The van der Waals surface area contributed by atoms with Gasteiger partial charge in [-0.15, -0.1) is 0 Å². The summed E-state index contributed by atoms with van der Waals surface area (Å²) in [5.74, 6) is -1.30. The zero-order chi connectivity index (χ0) is 29.1. The van der Waals surface area contributed by atoms with Crippen molar-refractivity contribution in [1.82, 2.24) is 30.6 Å². The minimum atomic E-state index is -0.651. The molecule has 2 aromatic carbocycles. The molecule has 10 heteroatoms. The molecule has 4 aromatic rings. The maximum atomic E-state index is 12.3. The number of nitrogens with zero attached hydrogens (tertiary/aromatic N) is 4. The number of carbonyl (C=O) groups is 2. The van der Waals surface area contributed by atoms with Gasteiger partial charge in [0.2, 0.25) is 0 Å². The largest absolute Gasteiger partial charge is 0.364 e. The maximum Gasteiger partial charge on any atom is 0.269 e. The van der Waals surface area contributed by atoms with Gasteiger partial charge in [-0.25, -0.2) is 19.9 Å². The smallest absolute Gasteiger partial charge is 0.269 e. The number of hydrogen-bond donors (Lipinski definition) is 4. The first kappa shape index (κ1) is 28.5. The molecule has 0 spiro atoms. The van der Waals surface area contributed by atoms with Crippen molar-refractivity contribution in [3.05, 3.63) is 82.7 Å². The van der Waals surface area contributed by atoms with E-state index in [0.717, 1.165) is 33.4 Å². The van der Waals surface area contributed by atoms with Crippen molar-refractivity contribution in [3.63, 3.8) is 0 Å². The zero-order valence-electron chi connectivity index (χ0n) is 23.5. The quantitative estimate of drug-likeness (QED) is 0.251. The highest BCUT2D eigenvalue weighted by Crippen LogP contribution is 2.37. The Kier molecular flexibility index (Phi) is 8.32. The fourth-order valence-electron chi connectivity index (χ4n) is 4.62. The van der Waals surface area contributed by atoms with Gasteiger partial charge in [0.25, 0.3) is 11.8 Å². The van der Waals surface area contributed by atoms with Crippen LogP contribution in [0.5, 0.6) is 0 Å². The number of hydrogen-bond acceptors (Lipinski definition) is 8. The van der Waals surface area contributed by atoms with Gasteiger partial charge < -0.3 is 22.1 Å². The van der Waals surface area contributed by atoms with Crippen LogP contribution in [-0.2, 0) is 0 Å². The van der Waals surface area contributed by atoms with Crippen LogP contribution in [0.3, 0.4) is 0 Å². The molecule has 206 valence electrons. The molecule has 0 bridgehead atoms. The van der Waals surface area contributed by atoms with E-state index in [2.05, 4.69) is 20.6 Å². The Balaban J connectivity index is 1.92. The van der Waals surface area contributed by atoms with Gasteiger partial charge in [0.05, 0.1) is 23.8 Å². The molecule has 0 aliphatic heterocycles.